The van der Waals surface area contributed by atoms with Gasteiger partial charge in [0.15, 0.2) is 17.6 Å². The smallest absolute Gasteiger partial charge is 0.260 e. The third-order valence-electron chi connectivity index (χ3n) is 4.15. The highest BCUT2D eigenvalue weighted by atomic mass is 32.2. The van der Waals surface area contributed by atoms with Crippen molar-refractivity contribution in [3.8, 4) is 17.2 Å². The van der Waals surface area contributed by atoms with E-state index in [0.717, 1.165) is 5.56 Å². The molecule has 0 saturated carbocycles. The van der Waals surface area contributed by atoms with E-state index in [0.29, 0.717) is 17.2 Å². The van der Waals surface area contributed by atoms with Crippen LogP contribution in [0, 0.1) is 0 Å². The summed E-state index contributed by atoms with van der Waals surface area (Å²) in [6.45, 7) is 5.64. The van der Waals surface area contributed by atoms with Crippen LogP contribution in [0.25, 0.3) is 0 Å². The van der Waals surface area contributed by atoms with Gasteiger partial charge < -0.3 is 19.5 Å². The van der Waals surface area contributed by atoms with Gasteiger partial charge in [-0.1, -0.05) is 6.07 Å². The van der Waals surface area contributed by atoms with Gasteiger partial charge in [-0.25, -0.2) is 13.1 Å². The van der Waals surface area contributed by atoms with Gasteiger partial charge in [-0.2, -0.15) is 0 Å². The first-order chi connectivity index (χ1) is 13.7. The Kier molecular flexibility index (Phi) is 6.29. The monoisotopic (exact) mass is 420 g/mol. The molecule has 0 saturated heterocycles. The molecule has 0 aromatic heterocycles. The molecule has 0 spiro atoms. The number of carbonyl (C=O) groups is 1. The molecule has 8 nitrogen and oxygen atoms in total. The highest BCUT2D eigenvalue weighted by Gasteiger charge is 2.18. The van der Waals surface area contributed by atoms with Crippen LogP contribution in [0.5, 0.6) is 17.2 Å². The number of hydrogen-bond acceptors (Lipinski definition) is 6. The number of nitrogens with one attached hydrogen (secondary N) is 2. The minimum atomic E-state index is -3.71. The van der Waals surface area contributed by atoms with Crippen molar-refractivity contribution >= 4 is 15.9 Å². The highest BCUT2D eigenvalue weighted by Crippen LogP contribution is 2.32. The zero-order valence-electron chi connectivity index (χ0n) is 16.5. The van der Waals surface area contributed by atoms with Crippen LogP contribution in [-0.2, 0) is 21.4 Å². The van der Waals surface area contributed by atoms with Gasteiger partial charge in [0.1, 0.15) is 5.75 Å². The molecule has 156 valence electrons. The summed E-state index contributed by atoms with van der Waals surface area (Å²) in [4.78, 5) is 12.0. The van der Waals surface area contributed by atoms with Gasteiger partial charge in [-0.3, -0.25) is 4.79 Å². The van der Waals surface area contributed by atoms with E-state index in [1.807, 2.05) is 13.8 Å². The lowest BCUT2D eigenvalue weighted by molar-refractivity contribution is -0.127. The van der Waals surface area contributed by atoms with Crippen LogP contribution in [0.15, 0.2) is 47.4 Å². The van der Waals surface area contributed by atoms with Crippen LogP contribution >= 0.6 is 0 Å². The van der Waals surface area contributed by atoms with Crippen LogP contribution in [0.1, 0.15) is 26.3 Å². The van der Waals surface area contributed by atoms with Crippen molar-refractivity contribution in [3.63, 3.8) is 0 Å². The third-order valence-corrected chi connectivity index (χ3v) is 5.57. The van der Waals surface area contributed by atoms with E-state index in [2.05, 4.69) is 10.0 Å². The van der Waals surface area contributed by atoms with Gasteiger partial charge in [0.2, 0.25) is 16.8 Å². The maximum absolute atomic E-state index is 12.5. The van der Waals surface area contributed by atoms with E-state index in [9.17, 15) is 13.2 Å². The van der Waals surface area contributed by atoms with Crippen molar-refractivity contribution in [2.24, 2.45) is 0 Å². The Balaban J connectivity index is 1.60. The number of carbonyl (C=O) groups excluding carboxylic acids is 1. The molecule has 0 unspecified atom stereocenters. The van der Waals surface area contributed by atoms with E-state index in [-0.39, 0.29) is 30.2 Å². The molecule has 2 N–H and O–H groups in total. The minimum absolute atomic E-state index is 0.0110. The molecule has 2 aromatic rings. The van der Waals surface area contributed by atoms with Crippen molar-refractivity contribution < 1.29 is 27.4 Å². The van der Waals surface area contributed by atoms with Crippen LogP contribution in [-0.4, -0.2) is 33.3 Å². The molecule has 1 atom stereocenters. The van der Waals surface area contributed by atoms with Gasteiger partial charge in [0.05, 0.1) is 4.90 Å². The first kappa shape index (κ1) is 20.9. The molecule has 0 radical (unpaired) electrons. The molecule has 1 heterocycles. The summed E-state index contributed by atoms with van der Waals surface area (Å²) in [7, 11) is -3.71. The number of fused-ring (bicyclic) bond motifs is 1. The maximum atomic E-state index is 12.5. The molecule has 1 aliphatic rings. The molecular weight excluding hydrogens is 396 g/mol. The topological polar surface area (TPSA) is 103 Å². The van der Waals surface area contributed by atoms with Crippen molar-refractivity contribution in [1.29, 1.82) is 0 Å². The van der Waals surface area contributed by atoms with Crippen molar-refractivity contribution in [1.82, 2.24) is 10.0 Å². The largest absolute Gasteiger partial charge is 0.481 e. The number of benzene rings is 2. The Morgan fingerprint density at radius 3 is 2.45 bits per heavy atom. The molecule has 0 aliphatic carbocycles. The summed E-state index contributed by atoms with van der Waals surface area (Å²) in [6.07, 6.45) is -0.691. The second-order valence-corrected chi connectivity index (χ2v) is 8.67. The molecule has 2 aromatic carbocycles. The summed E-state index contributed by atoms with van der Waals surface area (Å²) in [5, 5.41) is 2.76. The normalized spacial score (nSPS) is 13.9. The molecule has 29 heavy (non-hydrogen) atoms. The Bertz CT molecular complexity index is 973. The van der Waals surface area contributed by atoms with E-state index < -0.39 is 16.1 Å². The fourth-order valence-corrected chi connectivity index (χ4v) is 3.69. The SMILES string of the molecule is CC(C)NC(=O)[C@@H](C)Oc1ccc(S(=O)(=O)NCc2ccc3c(c2)OCO3)cc1. The molecule has 0 bridgehead atoms. The van der Waals surface area contributed by atoms with Crippen LogP contribution in [0.3, 0.4) is 0 Å². The predicted molar refractivity (Wildman–Crippen MR) is 106 cm³/mol. The Hall–Kier alpha value is -2.78. The Labute approximate surface area is 170 Å². The van der Waals surface area contributed by atoms with E-state index in [4.69, 9.17) is 14.2 Å². The lowest BCUT2D eigenvalue weighted by Crippen LogP contribution is -2.40. The Morgan fingerprint density at radius 1 is 1.07 bits per heavy atom. The molecule has 0 fully saturated rings. The molecule has 1 aliphatic heterocycles. The average Bonchev–Trinajstić information content (AvgIpc) is 3.14. The second kappa shape index (κ2) is 8.71. The standard InChI is InChI=1S/C20H24N2O6S/c1-13(2)22-20(23)14(3)28-16-5-7-17(8-6-16)29(24,25)21-11-15-4-9-18-19(10-15)27-12-26-18/h4-10,13-14,21H,11-12H2,1-3H3,(H,22,23)/t14-/m1/s1. The molecular formula is C20H24N2O6S. The molecule has 1 amide bonds. The summed E-state index contributed by atoms with van der Waals surface area (Å²) in [5.74, 6) is 1.41. The fourth-order valence-electron chi connectivity index (χ4n) is 2.67. The van der Waals surface area contributed by atoms with Crippen molar-refractivity contribution in [3.05, 3.63) is 48.0 Å². The van der Waals surface area contributed by atoms with Gasteiger partial charge in [-0.05, 0) is 62.7 Å². The fraction of sp³-hybridized carbons (Fsp3) is 0.350. The first-order valence-corrected chi connectivity index (χ1v) is 10.7. The number of amides is 1. The maximum Gasteiger partial charge on any atom is 0.260 e. The van der Waals surface area contributed by atoms with Crippen molar-refractivity contribution in [2.75, 3.05) is 6.79 Å². The highest BCUT2D eigenvalue weighted by molar-refractivity contribution is 7.89. The summed E-state index contributed by atoms with van der Waals surface area (Å²) < 4.78 is 43.7. The quantitative estimate of drug-likeness (QED) is 0.679. The first-order valence-electron chi connectivity index (χ1n) is 9.20. The zero-order chi connectivity index (χ0) is 21.0. The predicted octanol–water partition coefficient (Wildman–Crippen LogP) is 2.19. The summed E-state index contributed by atoms with van der Waals surface area (Å²) >= 11 is 0. The van der Waals surface area contributed by atoms with Gasteiger partial charge >= 0.3 is 0 Å². The lowest BCUT2D eigenvalue weighted by Gasteiger charge is -2.16. The summed E-state index contributed by atoms with van der Waals surface area (Å²) in [6, 6.07) is 11.2. The number of sulfonamides is 1. The third kappa shape index (κ3) is 5.39. The number of hydrogen-bond donors (Lipinski definition) is 2. The minimum Gasteiger partial charge on any atom is -0.481 e. The number of rotatable bonds is 8. The van der Waals surface area contributed by atoms with E-state index in [1.54, 1.807) is 25.1 Å². The average molecular weight is 420 g/mol. The second-order valence-electron chi connectivity index (χ2n) is 6.91. The Morgan fingerprint density at radius 2 is 1.76 bits per heavy atom. The van der Waals surface area contributed by atoms with Crippen LogP contribution < -0.4 is 24.2 Å². The molecule has 3 rings (SSSR count). The van der Waals surface area contributed by atoms with Gasteiger partial charge in [0.25, 0.3) is 5.91 Å². The van der Waals surface area contributed by atoms with Crippen LogP contribution in [0.4, 0.5) is 0 Å². The summed E-state index contributed by atoms with van der Waals surface area (Å²) in [5.41, 5.74) is 0.753. The molecule has 9 heteroatoms. The van der Waals surface area contributed by atoms with Gasteiger partial charge in [-0.15, -0.1) is 0 Å². The van der Waals surface area contributed by atoms with Crippen molar-refractivity contribution in [2.45, 2.75) is 44.4 Å². The van der Waals surface area contributed by atoms with E-state index >= 15 is 0 Å². The van der Waals surface area contributed by atoms with Crippen LogP contribution in [0.2, 0.25) is 0 Å². The zero-order valence-corrected chi connectivity index (χ0v) is 17.3. The number of ether oxygens (including phenoxy) is 3. The lowest BCUT2D eigenvalue weighted by atomic mass is 10.2. The van der Waals surface area contributed by atoms with Gasteiger partial charge in [0, 0.05) is 12.6 Å². The van der Waals surface area contributed by atoms with E-state index in [1.165, 1.54) is 24.3 Å².